The Balaban J connectivity index is 1.35. The molecule has 0 atom stereocenters. The van der Waals surface area contributed by atoms with E-state index in [1.165, 1.54) is 55.2 Å². The Kier molecular flexibility index (Phi) is 8.37. The fourth-order valence-corrected chi connectivity index (χ4v) is 5.58. The minimum atomic E-state index is -0.0529. The second-order valence-electron chi connectivity index (χ2n) is 9.95. The van der Waals surface area contributed by atoms with E-state index in [1.807, 2.05) is 25.1 Å². The molecule has 0 aromatic heterocycles. The highest BCUT2D eigenvalue weighted by Crippen LogP contribution is 2.37. The van der Waals surface area contributed by atoms with E-state index in [0.717, 1.165) is 53.9 Å². The standard InChI is InChI=1S/C32H39F/c1-3-5-6-8-29-20-21-30-23-26(15-22-31(30)32(29)33)10-9-25-13-18-28(19-14-25)27-16-11-24(7-4-2)12-17-27/h3,5,13-15,18-24,27H,4,6-12,16-17H2,1-2H3/b5-3+. The van der Waals surface area contributed by atoms with Gasteiger partial charge in [0.15, 0.2) is 0 Å². The average molecular weight is 443 g/mol. The molecule has 4 rings (SSSR count). The summed E-state index contributed by atoms with van der Waals surface area (Å²) in [6.07, 6.45) is 16.0. The second kappa shape index (κ2) is 11.6. The van der Waals surface area contributed by atoms with Crippen LogP contribution in [-0.2, 0) is 19.3 Å². The molecule has 1 saturated carbocycles. The van der Waals surface area contributed by atoms with Gasteiger partial charge in [-0.15, -0.1) is 0 Å². The third-order valence-corrected chi connectivity index (χ3v) is 7.61. The van der Waals surface area contributed by atoms with Crippen molar-refractivity contribution in [3.63, 3.8) is 0 Å². The molecule has 0 aliphatic heterocycles. The van der Waals surface area contributed by atoms with Gasteiger partial charge in [0.25, 0.3) is 0 Å². The molecule has 3 aromatic carbocycles. The van der Waals surface area contributed by atoms with Gasteiger partial charge in [-0.05, 0) is 97.8 Å². The van der Waals surface area contributed by atoms with E-state index in [0.29, 0.717) is 0 Å². The number of hydrogen-bond donors (Lipinski definition) is 0. The van der Waals surface area contributed by atoms with Crippen LogP contribution in [0.2, 0.25) is 0 Å². The van der Waals surface area contributed by atoms with Gasteiger partial charge in [0.1, 0.15) is 5.82 Å². The molecule has 1 heteroatoms. The van der Waals surface area contributed by atoms with Crippen molar-refractivity contribution in [3.8, 4) is 0 Å². The largest absolute Gasteiger partial charge is 0.206 e. The molecule has 0 saturated heterocycles. The molecule has 0 heterocycles. The van der Waals surface area contributed by atoms with E-state index in [9.17, 15) is 4.39 Å². The Morgan fingerprint density at radius 1 is 0.848 bits per heavy atom. The van der Waals surface area contributed by atoms with Gasteiger partial charge in [0, 0.05) is 5.39 Å². The van der Waals surface area contributed by atoms with E-state index < -0.39 is 0 Å². The molecule has 1 aliphatic rings. The molecule has 0 unspecified atom stereocenters. The fourth-order valence-electron chi connectivity index (χ4n) is 5.58. The van der Waals surface area contributed by atoms with Gasteiger partial charge >= 0.3 is 0 Å². The lowest BCUT2D eigenvalue weighted by Crippen LogP contribution is -2.13. The smallest absolute Gasteiger partial charge is 0.134 e. The number of fused-ring (bicyclic) bond motifs is 1. The van der Waals surface area contributed by atoms with Crippen LogP contribution in [-0.4, -0.2) is 0 Å². The number of rotatable bonds is 9. The first-order chi connectivity index (χ1) is 16.2. The van der Waals surface area contributed by atoms with Crippen LogP contribution in [0.4, 0.5) is 4.39 Å². The van der Waals surface area contributed by atoms with Crippen LogP contribution in [0.5, 0.6) is 0 Å². The molecule has 0 amide bonds. The monoisotopic (exact) mass is 442 g/mol. The van der Waals surface area contributed by atoms with Crippen molar-refractivity contribution in [3.05, 3.63) is 94.8 Å². The maximum Gasteiger partial charge on any atom is 0.134 e. The predicted molar refractivity (Wildman–Crippen MR) is 140 cm³/mol. The van der Waals surface area contributed by atoms with Crippen LogP contribution in [0, 0.1) is 11.7 Å². The van der Waals surface area contributed by atoms with Crippen LogP contribution in [0.25, 0.3) is 10.8 Å². The Labute approximate surface area is 199 Å². The van der Waals surface area contributed by atoms with Gasteiger partial charge in [-0.3, -0.25) is 0 Å². The molecule has 0 bridgehead atoms. The molecule has 0 spiro atoms. The second-order valence-corrected chi connectivity index (χ2v) is 9.95. The van der Waals surface area contributed by atoms with Gasteiger partial charge < -0.3 is 0 Å². The van der Waals surface area contributed by atoms with Crippen molar-refractivity contribution >= 4 is 10.8 Å². The third-order valence-electron chi connectivity index (χ3n) is 7.61. The maximum atomic E-state index is 14.9. The van der Waals surface area contributed by atoms with Crippen molar-refractivity contribution in [1.82, 2.24) is 0 Å². The van der Waals surface area contributed by atoms with Crippen LogP contribution in [0.15, 0.2) is 66.7 Å². The van der Waals surface area contributed by atoms with Gasteiger partial charge in [-0.2, -0.15) is 0 Å². The lowest BCUT2D eigenvalue weighted by Gasteiger charge is -2.28. The number of allylic oxidation sites excluding steroid dienone is 2. The molecule has 3 aromatic rings. The molecule has 33 heavy (non-hydrogen) atoms. The summed E-state index contributed by atoms with van der Waals surface area (Å²) in [7, 11) is 0. The van der Waals surface area contributed by atoms with E-state index in [-0.39, 0.29) is 5.82 Å². The minimum Gasteiger partial charge on any atom is -0.206 e. The molecule has 174 valence electrons. The number of aryl methyl sites for hydroxylation is 3. The maximum absolute atomic E-state index is 14.9. The zero-order valence-electron chi connectivity index (χ0n) is 20.5. The SMILES string of the molecule is C/C=C/CCc1ccc2cc(CCc3ccc(C4CCC(CCC)CC4)cc3)ccc2c1F. The van der Waals surface area contributed by atoms with Crippen molar-refractivity contribution in [2.45, 2.75) is 84.0 Å². The molecular formula is C32H39F. The van der Waals surface area contributed by atoms with Crippen molar-refractivity contribution in [2.75, 3.05) is 0 Å². The van der Waals surface area contributed by atoms with Crippen molar-refractivity contribution < 1.29 is 4.39 Å². The first-order valence-corrected chi connectivity index (χ1v) is 13.1. The fraction of sp³-hybridized carbons (Fsp3) is 0.438. The van der Waals surface area contributed by atoms with Gasteiger partial charge in [0.05, 0.1) is 0 Å². The van der Waals surface area contributed by atoms with Crippen LogP contribution in [0.1, 0.15) is 87.0 Å². The van der Waals surface area contributed by atoms with Crippen molar-refractivity contribution in [2.24, 2.45) is 5.92 Å². The summed E-state index contributed by atoms with van der Waals surface area (Å²) in [6.45, 7) is 4.32. The summed E-state index contributed by atoms with van der Waals surface area (Å²) < 4.78 is 14.9. The predicted octanol–water partition coefficient (Wildman–Crippen LogP) is 9.35. The number of hydrogen-bond acceptors (Lipinski definition) is 0. The average Bonchev–Trinajstić information content (AvgIpc) is 2.85. The van der Waals surface area contributed by atoms with E-state index in [1.54, 1.807) is 0 Å². The molecule has 0 radical (unpaired) electrons. The quantitative estimate of drug-likeness (QED) is 0.290. The summed E-state index contributed by atoms with van der Waals surface area (Å²) in [5.41, 5.74) is 5.01. The molecule has 0 N–H and O–H groups in total. The number of halogens is 1. The summed E-state index contributed by atoms with van der Waals surface area (Å²) in [4.78, 5) is 0. The molecular weight excluding hydrogens is 403 g/mol. The topological polar surface area (TPSA) is 0 Å². The first-order valence-electron chi connectivity index (χ1n) is 13.1. The Bertz CT molecular complexity index is 1050. The summed E-state index contributed by atoms with van der Waals surface area (Å²) >= 11 is 0. The molecule has 1 aliphatic carbocycles. The van der Waals surface area contributed by atoms with Gasteiger partial charge in [-0.1, -0.05) is 86.5 Å². The zero-order valence-corrected chi connectivity index (χ0v) is 20.5. The van der Waals surface area contributed by atoms with E-state index >= 15 is 0 Å². The van der Waals surface area contributed by atoms with Gasteiger partial charge in [-0.25, -0.2) is 4.39 Å². The van der Waals surface area contributed by atoms with Crippen molar-refractivity contribution in [1.29, 1.82) is 0 Å². The highest BCUT2D eigenvalue weighted by molar-refractivity contribution is 5.84. The zero-order chi connectivity index (χ0) is 23.0. The molecule has 1 fully saturated rings. The Morgan fingerprint density at radius 3 is 2.30 bits per heavy atom. The summed E-state index contributed by atoms with van der Waals surface area (Å²) in [6, 6.07) is 19.7. The van der Waals surface area contributed by atoms with Crippen LogP contribution >= 0.6 is 0 Å². The lowest BCUT2D eigenvalue weighted by atomic mass is 9.77. The highest BCUT2D eigenvalue weighted by atomic mass is 19.1. The van der Waals surface area contributed by atoms with Gasteiger partial charge in [0.2, 0.25) is 0 Å². The van der Waals surface area contributed by atoms with Crippen LogP contribution < -0.4 is 0 Å². The summed E-state index contributed by atoms with van der Waals surface area (Å²) in [5.74, 6) is 1.67. The molecule has 0 nitrogen and oxygen atoms in total. The Hall–Kier alpha value is -2.41. The lowest BCUT2D eigenvalue weighted by molar-refractivity contribution is 0.308. The highest BCUT2D eigenvalue weighted by Gasteiger charge is 2.21. The first kappa shape index (κ1) is 23.7. The third kappa shape index (κ3) is 6.14. The van der Waals surface area contributed by atoms with Crippen LogP contribution in [0.3, 0.4) is 0 Å². The normalized spacial score (nSPS) is 18.9. The van der Waals surface area contributed by atoms with E-state index in [4.69, 9.17) is 0 Å². The summed E-state index contributed by atoms with van der Waals surface area (Å²) in [5, 5.41) is 1.75. The Morgan fingerprint density at radius 2 is 1.58 bits per heavy atom. The minimum absolute atomic E-state index is 0.0529. The van der Waals surface area contributed by atoms with E-state index in [2.05, 4.69) is 55.5 Å². The number of benzene rings is 3.